The van der Waals surface area contributed by atoms with Crippen molar-refractivity contribution in [2.45, 2.75) is 266 Å². The molecule has 0 aromatic heterocycles. The molecule has 2 bridgehead atoms. The van der Waals surface area contributed by atoms with Gasteiger partial charge in [-0.05, 0) is 152 Å². The summed E-state index contributed by atoms with van der Waals surface area (Å²) in [5.41, 5.74) is -1.69. The zero-order valence-electron chi connectivity index (χ0n) is 65.2. The van der Waals surface area contributed by atoms with Crippen molar-refractivity contribution in [1.29, 1.82) is 0 Å². The molecule has 0 aromatic carbocycles. The minimum atomic E-state index is -5.22. The summed E-state index contributed by atoms with van der Waals surface area (Å²) in [4.78, 5) is 193. The average Bonchev–Trinajstić information content (AvgIpc) is 1.34. The molecular formula is C76H116F8N12O14. The van der Waals surface area contributed by atoms with Crippen LogP contribution in [0.25, 0.3) is 0 Å². The zero-order valence-corrected chi connectivity index (χ0v) is 65.2. The van der Waals surface area contributed by atoms with Crippen LogP contribution in [0.15, 0.2) is 0 Å². The molecule has 9 fully saturated rings. The lowest BCUT2D eigenvalue weighted by atomic mass is 9.74. The van der Waals surface area contributed by atoms with Crippen LogP contribution in [0.2, 0.25) is 0 Å². The van der Waals surface area contributed by atoms with Gasteiger partial charge in [0.15, 0.2) is 0 Å². The number of ether oxygens (including phenoxy) is 2. The van der Waals surface area contributed by atoms with Gasteiger partial charge in [0.05, 0.1) is 44.7 Å². The number of amides is 12. The second-order valence-electron chi connectivity index (χ2n) is 32.9. The number of nitrogens with one attached hydrogen (secondary N) is 3. The van der Waals surface area contributed by atoms with E-state index < -0.39 is 230 Å². The number of fused-ring (bicyclic) bond motifs is 3. The number of likely N-dealkylation sites (N-methyl/N-ethyl adjacent to an activating group) is 6. The third kappa shape index (κ3) is 20.7. The van der Waals surface area contributed by atoms with E-state index >= 15 is 51.9 Å². The molecule has 5 aliphatic carbocycles. The van der Waals surface area contributed by atoms with Crippen molar-refractivity contribution in [2.75, 3.05) is 101 Å². The van der Waals surface area contributed by atoms with Gasteiger partial charge in [-0.2, -0.15) is 26.3 Å². The molecule has 4 aliphatic heterocycles. The smallest absolute Gasteiger partial charge is 0.378 e. The molecule has 4 saturated heterocycles. The average molecular weight is 1570 g/mol. The molecule has 12 amide bonds. The lowest BCUT2D eigenvalue weighted by Crippen LogP contribution is -2.68. The fourth-order valence-electron chi connectivity index (χ4n) is 18.0. The molecule has 12 atom stereocenters. The van der Waals surface area contributed by atoms with Crippen LogP contribution in [0.4, 0.5) is 35.1 Å². The molecule has 26 nitrogen and oxygen atoms in total. The van der Waals surface area contributed by atoms with E-state index in [1.165, 1.54) is 66.8 Å². The van der Waals surface area contributed by atoms with E-state index in [2.05, 4.69) is 16.0 Å². The van der Waals surface area contributed by atoms with Crippen LogP contribution < -0.4 is 16.0 Å². The van der Waals surface area contributed by atoms with Crippen molar-refractivity contribution in [2.24, 2.45) is 41.4 Å². The monoisotopic (exact) mass is 1570 g/mol. The Bertz CT molecular complexity index is 3280. The molecule has 0 radical (unpaired) electrons. The number of morpholine rings is 1. The van der Waals surface area contributed by atoms with Crippen molar-refractivity contribution in [3.8, 4) is 0 Å². The van der Waals surface area contributed by atoms with Gasteiger partial charge in [0, 0.05) is 81.5 Å². The first-order valence-electron chi connectivity index (χ1n) is 39.9. The Hall–Kier alpha value is -7.00. The van der Waals surface area contributed by atoms with Gasteiger partial charge in [-0.15, -0.1) is 0 Å². The maximum Gasteiger partial charge on any atom is 0.397 e. The van der Waals surface area contributed by atoms with Crippen LogP contribution in [0.5, 0.6) is 0 Å². The Balaban J connectivity index is 1.10. The first-order valence-corrected chi connectivity index (χ1v) is 39.9. The van der Waals surface area contributed by atoms with Crippen molar-refractivity contribution in [1.82, 2.24) is 60.0 Å². The van der Waals surface area contributed by atoms with Crippen molar-refractivity contribution in [3.05, 3.63) is 0 Å². The third-order valence-corrected chi connectivity index (χ3v) is 25.4. The fraction of sp³-hybridized carbons (Fsp3) is 0.842. The lowest BCUT2D eigenvalue weighted by Gasteiger charge is -2.47. The van der Waals surface area contributed by atoms with Gasteiger partial charge in [-0.1, -0.05) is 46.0 Å². The third-order valence-electron chi connectivity index (χ3n) is 25.4. The molecule has 9 aliphatic rings. The minimum absolute atomic E-state index is 0.00385. The van der Waals surface area contributed by atoms with Crippen molar-refractivity contribution < 1.29 is 102 Å². The summed E-state index contributed by atoms with van der Waals surface area (Å²) < 4.78 is 127. The van der Waals surface area contributed by atoms with Gasteiger partial charge in [-0.25, -0.2) is 8.78 Å². The quantitative estimate of drug-likeness (QED) is 0.186. The van der Waals surface area contributed by atoms with Crippen LogP contribution in [0.3, 0.4) is 0 Å². The summed E-state index contributed by atoms with van der Waals surface area (Å²) in [7, 11) is 8.15. The van der Waals surface area contributed by atoms with Crippen LogP contribution in [0, 0.1) is 41.4 Å². The number of alkyl halides is 8. The largest absolute Gasteiger partial charge is 0.397 e. The maximum absolute atomic E-state index is 15.7. The highest BCUT2D eigenvalue weighted by Crippen LogP contribution is 2.46. The van der Waals surface area contributed by atoms with Gasteiger partial charge in [-0.3, -0.25) is 57.5 Å². The van der Waals surface area contributed by atoms with Gasteiger partial charge in [0.2, 0.25) is 70.9 Å². The normalized spacial score (nSPS) is 32.9. The Morgan fingerprint density at radius 1 is 0.582 bits per heavy atom. The molecule has 3 N–H and O–H groups in total. The standard InChI is InChI=1S/C76H116F8N12O14/c1-10-44(3)63-71(106)89(5)43-61(99)90(6)54-19-14-15-30-95(70(54)105)58(38-46-22-25-49(26-23-46)75(79,80)81)68(103)88(4)42-59(97)85-53(27-24-47-35-51(77)62(52(78)36-47)76(82,83)84)67(102)96-41-50(110-11-2)39-56(96)66(101)87-74(28-16-29-74)73(108)93(9)64(48-17-12-13-18-48)72(107)92(8)57(69(104)94-31-33-109-34-32-94)40-60(98)91(7)55(65(100)86-63)37-45-20-21-45/h44-58,62-64H,10-43H2,1-9H3,(H,85,97)(H,86,100)(H,87,101)/t44-,46?,47?,49?,50+,51?,52?,53-,54-,55-,56-,57-,58-,62?,63-,64-/m0/s1. The van der Waals surface area contributed by atoms with Crippen LogP contribution in [-0.2, 0) is 67.0 Å². The number of carbonyl (C=O) groups excluding carboxylic acids is 12. The van der Waals surface area contributed by atoms with E-state index in [1.54, 1.807) is 20.8 Å². The highest BCUT2D eigenvalue weighted by molar-refractivity contribution is 6.01. The summed E-state index contributed by atoms with van der Waals surface area (Å²) in [6.07, 6.45) is -14.2. The summed E-state index contributed by atoms with van der Waals surface area (Å²) in [5, 5.41) is 8.48. The molecule has 4 heterocycles. The van der Waals surface area contributed by atoms with E-state index in [0.717, 1.165) is 32.4 Å². The predicted octanol–water partition coefficient (Wildman–Crippen LogP) is 5.71. The van der Waals surface area contributed by atoms with Gasteiger partial charge in [0.1, 0.15) is 72.1 Å². The first kappa shape index (κ1) is 87.0. The lowest BCUT2D eigenvalue weighted by molar-refractivity contribution is -0.219. The Morgan fingerprint density at radius 2 is 1.18 bits per heavy atom. The van der Waals surface area contributed by atoms with Crippen molar-refractivity contribution >= 4 is 70.9 Å². The molecule has 0 aromatic rings. The van der Waals surface area contributed by atoms with Gasteiger partial charge >= 0.3 is 12.4 Å². The molecule has 5 saturated carbocycles. The van der Waals surface area contributed by atoms with E-state index in [9.17, 15) is 40.7 Å². The second-order valence-corrected chi connectivity index (χ2v) is 32.9. The first-order chi connectivity index (χ1) is 51.9. The highest BCUT2D eigenvalue weighted by Gasteiger charge is 2.57. The summed E-state index contributed by atoms with van der Waals surface area (Å²) in [6.45, 7) is 3.96. The maximum atomic E-state index is 15.7. The molecule has 34 heteroatoms. The Morgan fingerprint density at radius 3 is 1.75 bits per heavy atom. The number of carbonyl (C=O) groups is 12. The number of halogens is 8. The van der Waals surface area contributed by atoms with Crippen LogP contribution in [-0.4, -0.2) is 301 Å². The van der Waals surface area contributed by atoms with E-state index in [-0.39, 0.29) is 129 Å². The summed E-state index contributed by atoms with van der Waals surface area (Å²) in [6, 6.07) is -11.1. The number of nitrogens with zero attached hydrogens (tertiary/aromatic N) is 9. The highest BCUT2D eigenvalue weighted by atomic mass is 19.4. The summed E-state index contributed by atoms with van der Waals surface area (Å²) >= 11 is 0. The molecule has 620 valence electrons. The van der Waals surface area contributed by atoms with Crippen LogP contribution >= 0.6 is 0 Å². The molecule has 9 rings (SSSR count). The number of hydrogen-bond donors (Lipinski definition) is 3. The Labute approximate surface area is 639 Å². The summed E-state index contributed by atoms with van der Waals surface area (Å²) in [5.74, 6) is -16.4. The van der Waals surface area contributed by atoms with E-state index in [1.807, 2.05) is 0 Å². The predicted molar refractivity (Wildman–Crippen MR) is 383 cm³/mol. The topological polar surface area (TPSA) is 289 Å². The van der Waals surface area contributed by atoms with E-state index in [4.69, 9.17) is 9.47 Å². The second kappa shape index (κ2) is 37.3. The van der Waals surface area contributed by atoms with Crippen LogP contribution in [0.1, 0.15) is 181 Å². The Kier molecular flexibility index (Phi) is 29.5. The fourth-order valence-corrected chi connectivity index (χ4v) is 18.0. The molecule has 2 unspecified atom stereocenters. The molecule has 1 spiro atoms. The van der Waals surface area contributed by atoms with Gasteiger partial charge in [0.25, 0.3) is 0 Å². The SMILES string of the molecule is CCO[C@@H]1C[C@H]2C(=O)NC3(CCC3)C(=O)N(C)[C@@H](C3CCCC3)C(=O)N(C)[C@H](C(=O)N3CCOCC3)CC(=O)N(C)[C@@H](CC3CC3)C(=O)N[C@@H]([C@@H](C)CC)C(=O)N(C)CC(=O)N(C)[C@H]3CCCCN(C3=O)[C@@H](CC3CCC(C(F)(F)F)CC3)C(=O)N(C)CC(=O)N[C@@H](CCC3CC(F)C(C(F)(F)F)C(F)C3)C(=O)N2C1. The number of hydrogen-bond acceptors (Lipinski definition) is 14. The van der Waals surface area contributed by atoms with Crippen molar-refractivity contribution in [3.63, 3.8) is 0 Å². The van der Waals surface area contributed by atoms with Gasteiger partial charge < -0.3 is 69.5 Å². The zero-order chi connectivity index (χ0) is 80.6. The molecule has 110 heavy (non-hydrogen) atoms. The molecular weight excluding hydrogens is 1460 g/mol. The van der Waals surface area contributed by atoms with E-state index in [0.29, 0.717) is 44.9 Å². The number of rotatable bonds is 13. The minimum Gasteiger partial charge on any atom is -0.378 e.